The van der Waals surface area contributed by atoms with Gasteiger partial charge in [-0.15, -0.1) is 0 Å². The lowest BCUT2D eigenvalue weighted by molar-refractivity contribution is 0.579. The molecule has 1 N–H and O–H groups in total. The number of aromatic nitrogens is 4. The van der Waals surface area contributed by atoms with Crippen LogP contribution in [0.25, 0.3) is 5.78 Å². The second kappa shape index (κ2) is 6.61. The first-order valence-corrected chi connectivity index (χ1v) is 8.81. The summed E-state index contributed by atoms with van der Waals surface area (Å²) in [5, 5.41) is 4.22. The number of benzene rings is 1. The van der Waals surface area contributed by atoms with Crippen LogP contribution in [-0.2, 0) is 16.4 Å². The Kier molecular flexibility index (Phi) is 4.56. The molecule has 0 saturated heterocycles. The molecule has 0 bridgehead atoms. The maximum Gasteiger partial charge on any atom is 0.252 e. The molecule has 0 fully saturated rings. The second-order valence-corrected chi connectivity index (χ2v) is 7.04. The number of hydrogen-bond donors (Lipinski definition) is 1. The lowest BCUT2D eigenvalue weighted by atomic mass is 10.2. The first-order valence-electron chi connectivity index (χ1n) is 6.95. The van der Waals surface area contributed by atoms with Gasteiger partial charge in [0.15, 0.2) is 0 Å². The van der Waals surface area contributed by atoms with Crippen molar-refractivity contribution in [3.8, 4) is 0 Å². The van der Waals surface area contributed by atoms with E-state index in [-0.39, 0.29) is 9.92 Å². The summed E-state index contributed by atoms with van der Waals surface area (Å²) in [5.41, 5.74) is 0.958. The van der Waals surface area contributed by atoms with Crippen molar-refractivity contribution in [2.24, 2.45) is 0 Å². The van der Waals surface area contributed by atoms with Gasteiger partial charge in [0.1, 0.15) is 11.2 Å². The molecule has 0 aliphatic rings. The highest BCUT2D eigenvalue weighted by atomic mass is 35.5. The van der Waals surface area contributed by atoms with Crippen LogP contribution in [0, 0.1) is 0 Å². The summed E-state index contributed by atoms with van der Waals surface area (Å²) in [6, 6.07) is 6.36. The summed E-state index contributed by atoms with van der Waals surface area (Å²) in [6.45, 7) is 0.308. The largest absolute Gasteiger partial charge is 0.252 e. The molecule has 120 valence electrons. The number of hydrogen-bond acceptors (Lipinski definition) is 5. The van der Waals surface area contributed by atoms with E-state index in [9.17, 15) is 8.42 Å². The van der Waals surface area contributed by atoms with Crippen LogP contribution in [0.2, 0.25) is 5.02 Å². The van der Waals surface area contributed by atoms with E-state index in [0.717, 1.165) is 5.56 Å². The van der Waals surface area contributed by atoms with Crippen LogP contribution in [-0.4, -0.2) is 34.5 Å². The molecule has 2 aromatic heterocycles. The third-order valence-corrected chi connectivity index (χ3v) is 5.21. The van der Waals surface area contributed by atoms with E-state index in [1.807, 2.05) is 6.20 Å². The van der Waals surface area contributed by atoms with Crippen LogP contribution in [0.15, 0.2) is 47.9 Å². The van der Waals surface area contributed by atoms with Gasteiger partial charge < -0.3 is 0 Å². The molecule has 0 radical (unpaired) electrons. The maximum absolute atomic E-state index is 12.2. The zero-order chi connectivity index (χ0) is 16.3. The van der Waals surface area contributed by atoms with E-state index in [1.165, 1.54) is 12.4 Å². The van der Waals surface area contributed by atoms with Gasteiger partial charge in [0.2, 0.25) is 10.0 Å². The molecular weight excluding hydrogens is 338 g/mol. The summed E-state index contributed by atoms with van der Waals surface area (Å²) < 4.78 is 28.5. The predicted molar refractivity (Wildman–Crippen MR) is 85.7 cm³/mol. The van der Waals surface area contributed by atoms with Gasteiger partial charge in [0.05, 0.1) is 5.02 Å². The van der Waals surface area contributed by atoms with E-state index in [1.54, 1.807) is 28.9 Å². The first kappa shape index (κ1) is 15.9. The summed E-state index contributed by atoms with van der Waals surface area (Å²) >= 11 is 5.92. The van der Waals surface area contributed by atoms with Gasteiger partial charge >= 0.3 is 0 Å². The molecule has 7 nitrogen and oxygen atoms in total. The Bertz CT molecular complexity index is 926. The summed E-state index contributed by atoms with van der Waals surface area (Å²) in [5.74, 6) is 0.535. The van der Waals surface area contributed by atoms with Gasteiger partial charge in [-0.1, -0.05) is 23.7 Å². The molecule has 1 aromatic carbocycles. The van der Waals surface area contributed by atoms with Gasteiger partial charge in [-0.05, 0) is 30.5 Å². The molecule has 3 aromatic rings. The van der Waals surface area contributed by atoms with Crippen molar-refractivity contribution >= 4 is 27.4 Å². The van der Waals surface area contributed by atoms with Gasteiger partial charge in [-0.2, -0.15) is 10.1 Å². The highest BCUT2D eigenvalue weighted by Gasteiger charge is 2.16. The Morgan fingerprint density at radius 3 is 2.87 bits per heavy atom. The molecule has 0 amide bonds. The van der Waals surface area contributed by atoms with E-state index in [4.69, 9.17) is 11.6 Å². The number of fused-ring (bicyclic) bond motifs is 1. The van der Waals surface area contributed by atoms with Crippen LogP contribution in [0.1, 0.15) is 12.0 Å². The van der Waals surface area contributed by atoms with E-state index >= 15 is 0 Å². The molecule has 0 atom stereocenters. The van der Waals surface area contributed by atoms with Crippen molar-refractivity contribution < 1.29 is 8.42 Å². The van der Waals surface area contributed by atoms with Gasteiger partial charge in [0, 0.05) is 18.9 Å². The molecule has 0 saturated carbocycles. The Labute approximate surface area is 138 Å². The topological polar surface area (TPSA) is 89.2 Å². The smallest absolute Gasteiger partial charge is 0.219 e. The lowest BCUT2D eigenvalue weighted by Crippen LogP contribution is -2.25. The van der Waals surface area contributed by atoms with Crippen molar-refractivity contribution in [2.45, 2.75) is 17.7 Å². The van der Waals surface area contributed by atoms with E-state index in [2.05, 4.69) is 19.8 Å². The highest BCUT2D eigenvalue weighted by Crippen LogP contribution is 2.20. The average Bonchev–Trinajstić information content (AvgIpc) is 2.99. The fraction of sp³-hybridized carbons (Fsp3) is 0.214. The maximum atomic E-state index is 12.2. The number of halogens is 1. The Hall–Kier alpha value is -2.03. The highest BCUT2D eigenvalue weighted by molar-refractivity contribution is 7.89. The third kappa shape index (κ3) is 3.66. The quantitative estimate of drug-likeness (QED) is 0.682. The minimum absolute atomic E-state index is 0.0902. The SMILES string of the molecule is O=S(=O)(NCCCc1cnc2ncnn2c1)c1ccccc1Cl. The molecule has 0 spiro atoms. The summed E-state index contributed by atoms with van der Waals surface area (Å²) in [7, 11) is -3.60. The number of rotatable bonds is 6. The number of aryl methyl sites for hydroxylation is 1. The van der Waals surface area contributed by atoms with Crippen molar-refractivity contribution in [2.75, 3.05) is 6.54 Å². The van der Waals surface area contributed by atoms with Crippen LogP contribution >= 0.6 is 11.6 Å². The summed E-state index contributed by atoms with van der Waals surface area (Å²) in [6.07, 6.45) is 6.29. The molecule has 0 unspecified atom stereocenters. The Morgan fingerprint density at radius 1 is 1.22 bits per heavy atom. The number of sulfonamides is 1. The van der Waals surface area contributed by atoms with Crippen molar-refractivity contribution in [1.82, 2.24) is 24.3 Å². The minimum Gasteiger partial charge on any atom is -0.219 e. The van der Waals surface area contributed by atoms with E-state index in [0.29, 0.717) is 25.2 Å². The fourth-order valence-electron chi connectivity index (χ4n) is 2.13. The first-order chi connectivity index (χ1) is 11.1. The summed E-state index contributed by atoms with van der Waals surface area (Å²) in [4.78, 5) is 8.22. The Morgan fingerprint density at radius 2 is 2.04 bits per heavy atom. The average molecular weight is 352 g/mol. The van der Waals surface area contributed by atoms with Gasteiger partial charge in [-0.3, -0.25) is 0 Å². The van der Waals surface area contributed by atoms with Crippen LogP contribution in [0.5, 0.6) is 0 Å². The number of nitrogens with zero attached hydrogens (tertiary/aromatic N) is 4. The normalized spacial score (nSPS) is 11.9. The molecule has 9 heteroatoms. The molecule has 0 aliphatic heterocycles. The second-order valence-electron chi connectivity index (χ2n) is 4.90. The van der Waals surface area contributed by atoms with Gasteiger partial charge in [-0.25, -0.2) is 22.6 Å². The Balaban J connectivity index is 1.58. The fourth-order valence-corrected chi connectivity index (χ4v) is 3.72. The van der Waals surface area contributed by atoms with Crippen molar-refractivity contribution in [3.05, 3.63) is 53.6 Å². The standard InChI is InChI=1S/C14H14ClN5O2S/c15-12-5-1-2-6-13(12)23(21,22)19-7-3-4-11-8-16-14-17-10-18-20(14)9-11/h1-2,5-6,8-10,19H,3-4,7H2. The minimum atomic E-state index is -3.60. The van der Waals surface area contributed by atoms with Crippen molar-refractivity contribution in [1.29, 1.82) is 0 Å². The van der Waals surface area contributed by atoms with E-state index < -0.39 is 10.0 Å². The van der Waals surface area contributed by atoms with Crippen LogP contribution in [0.3, 0.4) is 0 Å². The molecule has 0 aliphatic carbocycles. The zero-order valence-corrected chi connectivity index (χ0v) is 13.6. The van der Waals surface area contributed by atoms with Crippen LogP contribution in [0.4, 0.5) is 0 Å². The third-order valence-electron chi connectivity index (χ3n) is 3.25. The molecular formula is C14H14ClN5O2S. The monoisotopic (exact) mass is 351 g/mol. The van der Waals surface area contributed by atoms with Gasteiger partial charge in [0.25, 0.3) is 5.78 Å². The lowest BCUT2D eigenvalue weighted by Gasteiger charge is -2.08. The zero-order valence-electron chi connectivity index (χ0n) is 12.1. The molecule has 3 rings (SSSR count). The van der Waals surface area contributed by atoms with Crippen LogP contribution < -0.4 is 4.72 Å². The van der Waals surface area contributed by atoms with Crippen molar-refractivity contribution in [3.63, 3.8) is 0 Å². The number of nitrogens with one attached hydrogen (secondary N) is 1. The molecule has 23 heavy (non-hydrogen) atoms. The molecule has 2 heterocycles. The predicted octanol–water partition coefficient (Wildman–Crippen LogP) is 1.69.